The minimum Gasteiger partial charge on any atom is -0.271 e. The van der Waals surface area contributed by atoms with E-state index in [1.54, 1.807) is 6.20 Å². The minimum absolute atomic E-state index is 0.0935. The van der Waals surface area contributed by atoms with E-state index in [0.29, 0.717) is 10.9 Å². The monoisotopic (exact) mass is 287 g/mol. The Kier molecular flexibility index (Phi) is 4.01. The third kappa shape index (κ3) is 2.57. The van der Waals surface area contributed by atoms with E-state index in [1.807, 2.05) is 12.1 Å². The summed E-state index contributed by atoms with van der Waals surface area (Å²) in [5, 5.41) is 0.636. The molecule has 2 aromatic rings. The summed E-state index contributed by atoms with van der Waals surface area (Å²) in [6.45, 7) is 0. The van der Waals surface area contributed by atoms with Gasteiger partial charge in [-0.05, 0) is 42.0 Å². The molecule has 3 rings (SSSR count). The first-order valence-corrected chi connectivity index (χ1v) is 7.34. The Balaban J connectivity index is 1.98. The highest BCUT2D eigenvalue weighted by Gasteiger charge is 2.25. The lowest BCUT2D eigenvalue weighted by Gasteiger charge is -2.30. The first kappa shape index (κ1) is 13.6. The van der Waals surface area contributed by atoms with Gasteiger partial charge in [0.05, 0.1) is 16.8 Å². The molecule has 0 aliphatic heterocycles. The molecule has 20 heavy (non-hydrogen) atoms. The Morgan fingerprint density at radius 3 is 2.60 bits per heavy atom. The number of aromatic nitrogens is 1. The molecule has 1 aliphatic rings. The van der Waals surface area contributed by atoms with Gasteiger partial charge in [-0.15, -0.1) is 0 Å². The Hall–Kier alpha value is -1.42. The summed E-state index contributed by atoms with van der Waals surface area (Å²) in [5.74, 6) is 6.44. The Labute approximate surface area is 124 Å². The third-order valence-corrected chi connectivity index (χ3v) is 4.29. The quantitative estimate of drug-likeness (QED) is 0.668. The molecule has 1 saturated carbocycles. The van der Waals surface area contributed by atoms with E-state index in [9.17, 15) is 0 Å². The summed E-state index contributed by atoms with van der Waals surface area (Å²) in [6, 6.07) is 12.2. The van der Waals surface area contributed by atoms with Crippen LogP contribution >= 0.6 is 11.6 Å². The van der Waals surface area contributed by atoms with Crippen LogP contribution in [0.1, 0.15) is 48.0 Å². The number of hydrazine groups is 1. The van der Waals surface area contributed by atoms with Crippen molar-refractivity contribution in [2.75, 3.05) is 0 Å². The molecule has 3 N–H and O–H groups in total. The molecule has 104 valence electrons. The molecule has 0 saturated heterocycles. The van der Waals surface area contributed by atoms with Gasteiger partial charge in [0.2, 0.25) is 0 Å². The summed E-state index contributed by atoms with van der Waals surface area (Å²) in [6.07, 6.45) is 5.51. The van der Waals surface area contributed by atoms with E-state index in [4.69, 9.17) is 17.4 Å². The molecule has 1 atom stereocenters. The van der Waals surface area contributed by atoms with Crippen molar-refractivity contribution in [1.82, 2.24) is 10.4 Å². The lowest BCUT2D eigenvalue weighted by atomic mass is 9.77. The second-order valence-electron chi connectivity index (χ2n) is 5.26. The van der Waals surface area contributed by atoms with Crippen molar-refractivity contribution in [1.29, 1.82) is 0 Å². The molecule has 1 heterocycles. The number of pyridine rings is 1. The van der Waals surface area contributed by atoms with Crippen LogP contribution in [0, 0.1) is 0 Å². The molecule has 1 aromatic heterocycles. The molecule has 1 unspecified atom stereocenters. The van der Waals surface area contributed by atoms with Crippen LogP contribution in [-0.2, 0) is 0 Å². The molecule has 1 aliphatic carbocycles. The standard InChI is InChI=1S/C16H18ClN3/c17-12-8-9-15(19-10-12)16(20-18)14-7-2-1-6-13(14)11-4-3-5-11/h1-2,6-11,16,20H,3-5,18H2. The van der Waals surface area contributed by atoms with E-state index in [0.717, 1.165) is 5.69 Å². The second kappa shape index (κ2) is 5.92. The lowest BCUT2D eigenvalue weighted by Crippen LogP contribution is -2.31. The van der Waals surface area contributed by atoms with Crippen molar-refractivity contribution >= 4 is 11.6 Å². The number of hydrogen-bond donors (Lipinski definition) is 2. The molecule has 0 bridgehead atoms. The van der Waals surface area contributed by atoms with Gasteiger partial charge in [0.15, 0.2) is 0 Å². The molecule has 4 heteroatoms. The van der Waals surface area contributed by atoms with Crippen molar-refractivity contribution in [3.8, 4) is 0 Å². The van der Waals surface area contributed by atoms with Crippen LogP contribution < -0.4 is 11.3 Å². The Morgan fingerprint density at radius 1 is 1.20 bits per heavy atom. The van der Waals surface area contributed by atoms with E-state index in [1.165, 1.54) is 30.4 Å². The topological polar surface area (TPSA) is 50.9 Å². The van der Waals surface area contributed by atoms with Crippen LogP contribution in [0.2, 0.25) is 5.02 Å². The van der Waals surface area contributed by atoms with Crippen molar-refractivity contribution in [3.05, 3.63) is 64.4 Å². The van der Waals surface area contributed by atoms with Crippen molar-refractivity contribution in [2.45, 2.75) is 31.2 Å². The van der Waals surface area contributed by atoms with Gasteiger partial charge >= 0.3 is 0 Å². The van der Waals surface area contributed by atoms with Gasteiger partial charge in [-0.1, -0.05) is 42.3 Å². The molecule has 3 nitrogen and oxygen atoms in total. The average molecular weight is 288 g/mol. The zero-order valence-corrected chi connectivity index (χ0v) is 12.0. The molecular formula is C16H18ClN3. The van der Waals surface area contributed by atoms with E-state index < -0.39 is 0 Å². The van der Waals surface area contributed by atoms with Crippen LogP contribution in [0.15, 0.2) is 42.6 Å². The normalized spacial score (nSPS) is 16.7. The van der Waals surface area contributed by atoms with Crippen LogP contribution in [0.3, 0.4) is 0 Å². The summed E-state index contributed by atoms with van der Waals surface area (Å²) in [4.78, 5) is 4.40. The fraction of sp³-hybridized carbons (Fsp3) is 0.312. The lowest BCUT2D eigenvalue weighted by molar-refractivity contribution is 0.414. The van der Waals surface area contributed by atoms with Crippen molar-refractivity contribution in [3.63, 3.8) is 0 Å². The zero-order valence-electron chi connectivity index (χ0n) is 11.2. The number of nitrogens with two attached hydrogens (primary N) is 1. The number of benzene rings is 1. The van der Waals surface area contributed by atoms with E-state index in [-0.39, 0.29) is 6.04 Å². The van der Waals surface area contributed by atoms with Crippen LogP contribution in [-0.4, -0.2) is 4.98 Å². The maximum absolute atomic E-state index is 5.90. The summed E-state index contributed by atoms with van der Waals surface area (Å²) >= 11 is 5.90. The third-order valence-electron chi connectivity index (χ3n) is 4.06. The van der Waals surface area contributed by atoms with Gasteiger partial charge in [-0.2, -0.15) is 0 Å². The Morgan fingerprint density at radius 2 is 2.00 bits per heavy atom. The summed E-state index contributed by atoms with van der Waals surface area (Å²) in [5.41, 5.74) is 6.39. The van der Waals surface area contributed by atoms with Crippen molar-refractivity contribution < 1.29 is 0 Å². The second-order valence-corrected chi connectivity index (χ2v) is 5.69. The highest BCUT2D eigenvalue weighted by atomic mass is 35.5. The van der Waals surface area contributed by atoms with Gasteiger partial charge < -0.3 is 0 Å². The highest BCUT2D eigenvalue weighted by molar-refractivity contribution is 6.30. The molecule has 1 aromatic carbocycles. The molecular weight excluding hydrogens is 270 g/mol. The summed E-state index contributed by atoms with van der Waals surface area (Å²) < 4.78 is 0. The van der Waals surface area contributed by atoms with E-state index >= 15 is 0 Å². The van der Waals surface area contributed by atoms with Crippen LogP contribution in [0.25, 0.3) is 0 Å². The SMILES string of the molecule is NNC(c1ccc(Cl)cn1)c1ccccc1C1CCC1. The van der Waals surface area contributed by atoms with Crippen LogP contribution in [0.4, 0.5) is 0 Å². The fourth-order valence-electron chi connectivity index (χ4n) is 2.76. The van der Waals surface area contributed by atoms with Crippen molar-refractivity contribution in [2.24, 2.45) is 5.84 Å². The number of nitrogens with one attached hydrogen (secondary N) is 1. The molecule has 1 fully saturated rings. The molecule has 0 spiro atoms. The highest BCUT2D eigenvalue weighted by Crippen LogP contribution is 2.40. The smallest absolute Gasteiger partial charge is 0.0884 e. The Bertz CT molecular complexity index is 579. The maximum Gasteiger partial charge on any atom is 0.0884 e. The number of halogens is 1. The van der Waals surface area contributed by atoms with Gasteiger partial charge in [0.25, 0.3) is 0 Å². The fourth-order valence-corrected chi connectivity index (χ4v) is 2.87. The zero-order chi connectivity index (χ0) is 13.9. The molecule has 0 radical (unpaired) electrons. The van der Waals surface area contributed by atoms with Crippen LogP contribution in [0.5, 0.6) is 0 Å². The largest absolute Gasteiger partial charge is 0.271 e. The molecule has 0 amide bonds. The van der Waals surface area contributed by atoms with Gasteiger partial charge in [-0.25, -0.2) is 5.43 Å². The number of rotatable bonds is 4. The maximum atomic E-state index is 5.90. The first-order valence-electron chi connectivity index (χ1n) is 6.96. The van der Waals surface area contributed by atoms with E-state index in [2.05, 4.69) is 34.7 Å². The predicted molar refractivity (Wildman–Crippen MR) is 81.4 cm³/mol. The summed E-state index contributed by atoms with van der Waals surface area (Å²) in [7, 11) is 0. The minimum atomic E-state index is -0.0935. The van der Waals surface area contributed by atoms with Gasteiger partial charge in [-0.3, -0.25) is 10.8 Å². The predicted octanol–water partition coefficient (Wildman–Crippen LogP) is 3.56. The first-order chi connectivity index (χ1) is 9.79. The van der Waals surface area contributed by atoms with Gasteiger partial charge in [0.1, 0.15) is 0 Å². The van der Waals surface area contributed by atoms with Gasteiger partial charge in [0, 0.05) is 6.20 Å². The average Bonchev–Trinajstić information content (AvgIpc) is 2.41. The number of hydrogen-bond acceptors (Lipinski definition) is 3. The number of nitrogens with zero attached hydrogens (tertiary/aromatic N) is 1.